The van der Waals surface area contributed by atoms with Gasteiger partial charge in [0, 0.05) is 24.8 Å². The highest BCUT2D eigenvalue weighted by Gasteiger charge is 2.51. The molecule has 0 bridgehead atoms. The van der Waals surface area contributed by atoms with E-state index in [2.05, 4.69) is 27.7 Å². The minimum absolute atomic E-state index is 0.300. The zero-order chi connectivity index (χ0) is 26.5. The highest BCUT2D eigenvalue weighted by atomic mass is 16.4. The number of aryl methyl sites for hydroxylation is 2. The number of benzene rings is 1. The van der Waals surface area contributed by atoms with Gasteiger partial charge in [0.1, 0.15) is 11.9 Å². The van der Waals surface area contributed by atoms with Crippen LogP contribution in [0.5, 0.6) is 0 Å². The molecular formula is C30H40N4O4. The number of rotatable bonds is 13. The molecule has 2 heterocycles. The molecule has 1 aromatic carbocycles. The van der Waals surface area contributed by atoms with E-state index in [0.29, 0.717) is 31.8 Å². The van der Waals surface area contributed by atoms with Crippen LogP contribution in [0.1, 0.15) is 68.2 Å². The maximum Gasteiger partial charge on any atom is 0.326 e. The molecule has 3 aliphatic rings. The molecule has 8 heteroatoms. The van der Waals surface area contributed by atoms with Crippen molar-refractivity contribution in [1.29, 1.82) is 0 Å². The number of carbonyl (C=O) groups is 2. The van der Waals surface area contributed by atoms with Crippen LogP contribution >= 0.6 is 0 Å². The highest BCUT2D eigenvalue weighted by Crippen LogP contribution is 2.44. The molecule has 2 aromatic rings. The van der Waals surface area contributed by atoms with Crippen LogP contribution in [-0.4, -0.2) is 69.8 Å². The van der Waals surface area contributed by atoms with Crippen molar-refractivity contribution in [3.63, 3.8) is 0 Å². The van der Waals surface area contributed by atoms with Gasteiger partial charge >= 0.3 is 5.97 Å². The molecule has 0 spiro atoms. The van der Waals surface area contributed by atoms with E-state index < -0.39 is 23.5 Å². The third-order valence-corrected chi connectivity index (χ3v) is 8.38. The van der Waals surface area contributed by atoms with Crippen LogP contribution in [0.3, 0.4) is 0 Å². The second-order valence-electron chi connectivity index (χ2n) is 11.2. The summed E-state index contributed by atoms with van der Waals surface area (Å²) in [6.45, 7) is 2.56. The van der Waals surface area contributed by atoms with Crippen LogP contribution in [0, 0.1) is 0 Å². The van der Waals surface area contributed by atoms with Crippen molar-refractivity contribution in [2.45, 2.75) is 87.8 Å². The van der Waals surface area contributed by atoms with Gasteiger partial charge in [-0.1, -0.05) is 36.4 Å². The fourth-order valence-electron chi connectivity index (χ4n) is 5.95. The Morgan fingerprint density at radius 2 is 1.89 bits per heavy atom. The third kappa shape index (κ3) is 6.18. The summed E-state index contributed by atoms with van der Waals surface area (Å²) < 4.78 is 0. The second-order valence-corrected chi connectivity index (χ2v) is 11.2. The predicted octanol–water partition coefficient (Wildman–Crippen LogP) is 3.28. The Bertz CT molecular complexity index is 1110. The minimum atomic E-state index is -1.01. The van der Waals surface area contributed by atoms with Gasteiger partial charge in [-0.25, -0.2) is 9.78 Å². The van der Waals surface area contributed by atoms with Crippen molar-refractivity contribution in [1.82, 2.24) is 15.2 Å². The van der Waals surface area contributed by atoms with Gasteiger partial charge in [-0.15, -0.1) is 0 Å². The van der Waals surface area contributed by atoms with Crippen molar-refractivity contribution < 1.29 is 19.8 Å². The van der Waals surface area contributed by atoms with Crippen LogP contribution < -0.4 is 10.6 Å². The number of carboxylic acids is 1. The third-order valence-electron chi connectivity index (χ3n) is 8.38. The molecule has 204 valence electrons. The number of amides is 1. The number of aromatic nitrogens is 1. The maximum atomic E-state index is 13.3. The van der Waals surface area contributed by atoms with Gasteiger partial charge in [0.25, 0.3) is 0 Å². The molecule has 5 rings (SSSR count). The zero-order valence-corrected chi connectivity index (χ0v) is 22.1. The SMILES string of the molecule is O=C(O)C(CCN(CCCCc1ccc2c(n1)NCCC2)C1CC1)NC(=O)C1(c2ccccc2)CC(O)C1. The first-order valence-corrected chi connectivity index (χ1v) is 14.2. The molecule has 4 N–H and O–H groups in total. The summed E-state index contributed by atoms with van der Waals surface area (Å²) in [7, 11) is 0. The van der Waals surface area contributed by atoms with E-state index in [4.69, 9.17) is 4.98 Å². The van der Waals surface area contributed by atoms with Gasteiger partial charge in [-0.05, 0) is 87.9 Å². The Balaban J connectivity index is 1.12. The number of hydrogen-bond donors (Lipinski definition) is 4. The van der Waals surface area contributed by atoms with E-state index in [1.165, 1.54) is 5.56 Å². The normalized spacial score (nSPS) is 23.2. The van der Waals surface area contributed by atoms with E-state index in [1.54, 1.807) is 0 Å². The number of carboxylic acid groups (broad SMARTS) is 1. The summed E-state index contributed by atoms with van der Waals surface area (Å²) in [6, 6.07) is 13.3. The summed E-state index contributed by atoms with van der Waals surface area (Å²) in [4.78, 5) is 32.6. The highest BCUT2D eigenvalue weighted by molar-refractivity contribution is 5.92. The predicted molar refractivity (Wildman–Crippen MR) is 146 cm³/mol. The summed E-state index contributed by atoms with van der Waals surface area (Å²) >= 11 is 0. The fraction of sp³-hybridized carbons (Fsp3) is 0.567. The standard InChI is InChI=1S/C30H40N4O4/c35-25-19-30(20-25,22-8-2-1-3-9-22)29(38)33-26(28(36)37)15-18-34(24-13-14-24)17-5-4-10-23-12-11-21-7-6-16-31-27(21)32-23/h1-3,8-9,11-12,24-26,35H,4-7,10,13-20H2,(H,31,32)(H,33,38)(H,36,37). The molecule has 38 heavy (non-hydrogen) atoms. The summed E-state index contributed by atoms with van der Waals surface area (Å²) in [5.41, 5.74) is 2.40. The summed E-state index contributed by atoms with van der Waals surface area (Å²) in [5, 5.41) is 26.1. The molecular weight excluding hydrogens is 480 g/mol. The zero-order valence-electron chi connectivity index (χ0n) is 22.1. The monoisotopic (exact) mass is 520 g/mol. The molecule has 1 unspecified atom stereocenters. The van der Waals surface area contributed by atoms with Crippen molar-refractivity contribution in [2.75, 3.05) is 25.0 Å². The molecule has 2 saturated carbocycles. The smallest absolute Gasteiger partial charge is 0.326 e. The van der Waals surface area contributed by atoms with Gasteiger partial charge < -0.3 is 25.7 Å². The Morgan fingerprint density at radius 1 is 1.11 bits per heavy atom. The van der Waals surface area contributed by atoms with Crippen LogP contribution in [0.2, 0.25) is 0 Å². The summed E-state index contributed by atoms with van der Waals surface area (Å²) in [5.74, 6) is -0.267. The molecule has 0 radical (unpaired) electrons. The lowest BCUT2D eigenvalue weighted by molar-refractivity contribution is -0.145. The number of unbranched alkanes of at least 4 members (excludes halogenated alkanes) is 1. The Kier molecular flexibility index (Phi) is 8.29. The molecule has 1 amide bonds. The number of pyridine rings is 1. The average Bonchev–Trinajstić information content (AvgIpc) is 3.75. The summed E-state index contributed by atoms with van der Waals surface area (Å²) in [6.07, 6.45) is 8.02. The van der Waals surface area contributed by atoms with E-state index in [0.717, 1.165) is 75.1 Å². The number of carbonyl (C=O) groups excluding carboxylic acids is 1. The molecule has 2 aliphatic carbocycles. The lowest BCUT2D eigenvalue weighted by atomic mass is 9.62. The van der Waals surface area contributed by atoms with Gasteiger partial charge in [-0.2, -0.15) is 0 Å². The number of fused-ring (bicyclic) bond motifs is 1. The topological polar surface area (TPSA) is 115 Å². The van der Waals surface area contributed by atoms with Gasteiger partial charge in [0.2, 0.25) is 5.91 Å². The molecule has 1 aromatic heterocycles. The maximum absolute atomic E-state index is 13.3. The first-order valence-electron chi connectivity index (χ1n) is 14.2. The first-order chi connectivity index (χ1) is 18.4. The number of hydrogen-bond acceptors (Lipinski definition) is 6. The minimum Gasteiger partial charge on any atom is -0.480 e. The molecule has 1 aliphatic heterocycles. The Morgan fingerprint density at radius 3 is 2.61 bits per heavy atom. The fourth-order valence-corrected chi connectivity index (χ4v) is 5.95. The number of aliphatic carboxylic acids is 1. The quantitative estimate of drug-likeness (QED) is 0.300. The molecule has 1 atom stereocenters. The van der Waals surface area contributed by atoms with E-state index in [-0.39, 0.29) is 5.91 Å². The second kappa shape index (κ2) is 11.8. The Labute approximate surface area is 224 Å². The van der Waals surface area contributed by atoms with E-state index >= 15 is 0 Å². The largest absolute Gasteiger partial charge is 0.480 e. The first kappa shape index (κ1) is 26.6. The van der Waals surface area contributed by atoms with Gasteiger partial charge in [0.15, 0.2) is 0 Å². The van der Waals surface area contributed by atoms with Crippen LogP contribution in [0.25, 0.3) is 0 Å². The Hall–Kier alpha value is -2.97. The number of nitrogens with zero attached hydrogens (tertiary/aromatic N) is 2. The average molecular weight is 521 g/mol. The van der Waals surface area contributed by atoms with Crippen LogP contribution in [0.4, 0.5) is 5.82 Å². The molecule has 8 nitrogen and oxygen atoms in total. The van der Waals surface area contributed by atoms with Crippen molar-refractivity contribution in [3.8, 4) is 0 Å². The number of anilines is 1. The van der Waals surface area contributed by atoms with Crippen molar-refractivity contribution in [2.24, 2.45) is 0 Å². The van der Waals surface area contributed by atoms with Crippen molar-refractivity contribution in [3.05, 3.63) is 59.3 Å². The lowest BCUT2D eigenvalue weighted by Crippen LogP contribution is -2.58. The van der Waals surface area contributed by atoms with Gasteiger partial charge in [0.05, 0.1) is 11.5 Å². The molecule has 2 fully saturated rings. The van der Waals surface area contributed by atoms with Crippen LogP contribution in [-0.2, 0) is 27.8 Å². The number of aliphatic hydroxyl groups is 1. The number of aliphatic hydroxyl groups excluding tert-OH is 1. The van der Waals surface area contributed by atoms with Crippen LogP contribution in [0.15, 0.2) is 42.5 Å². The van der Waals surface area contributed by atoms with E-state index in [9.17, 15) is 19.8 Å². The molecule has 0 saturated heterocycles. The number of nitrogens with one attached hydrogen (secondary N) is 2. The van der Waals surface area contributed by atoms with Gasteiger partial charge in [-0.3, -0.25) is 4.79 Å². The van der Waals surface area contributed by atoms with Crippen molar-refractivity contribution >= 4 is 17.7 Å². The van der Waals surface area contributed by atoms with E-state index in [1.807, 2.05) is 30.3 Å². The lowest BCUT2D eigenvalue weighted by Gasteiger charge is -2.44.